The molecule has 1 unspecified atom stereocenters. The summed E-state index contributed by atoms with van der Waals surface area (Å²) in [4.78, 5) is 7.94. The minimum atomic E-state index is -2.31. The topological polar surface area (TPSA) is 51.1 Å². The summed E-state index contributed by atoms with van der Waals surface area (Å²) in [5.41, 5.74) is -0.200. The number of benzene rings is 1. The van der Waals surface area contributed by atoms with Gasteiger partial charge >= 0.3 is 0 Å². The van der Waals surface area contributed by atoms with Gasteiger partial charge in [0.2, 0.25) is 5.72 Å². The Hall–Kier alpha value is -0.820. The van der Waals surface area contributed by atoms with E-state index in [-0.39, 0.29) is 5.82 Å². The van der Waals surface area contributed by atoms with Gasteiger partial charge in [-0.15, -0.1) is 0 Å². The van der Waals surface area contributed by atoms with Crippen molar-refractivity contribution < 1.29 is 18.5 Å². The van der Waals surface area contributed by atoms with Crippen LogP contribution in [-0.4, -0.2) is 47.8 Å². The van der Waals surface area contributed by atoms with Gasteiger partial charge < -0.3 is 19.0 Å². The van der Waals surface area contributed by atoms with E-state index in [4.69, 9.17) is 9.57 Å². The van der Waals surface area contributed by atoms with Crippen molar-refractivity contribution >= 4 is 35.6 Å². The van der Waals surface area contributed by atoms with Gasteiger partial charge in [-0.3, -0.25) is 0 Å². The maximum atomic E-state index is 13.9. The molecule has 2 aliphatic heterocycles. The Balaban J connectivity index is 2.01. The Morgan fingerprint density at radius 1 is 1.46 bits per heavy atom. The van der Waals surface area contributed by atoms with E-state index < -0.39 is 12.9 Å². The van der Waals surface area contributed by atoms with Gasteiger partial charge in [-0.25, -0.2) is 4.39 Å². The number of rotatable bonds is 5. The van der Waals surface area contributed by atoms with E-state index in [1.165, 1.54) is 12.1 Å². The number of hydrogen-bond acceptors (Lipinski definition) is 5. The molecule has 1 spiro atoms. The van der Waals surface area contributed by atoms with Crippen LogP contribution in [0.5, 0.6) is 5.75 Å². The van der Waals surface area contributed by atoms with E-state index >= 15 is 0 Å². The lowest BCUT2D eigenvalue weighted by atomic mass is 9.94. The van der Waals surface area contributed by atoms with Crippen molar-refractivity contribution in [2.45, 2.75) is 18.6 Å². The third-order valence-electron chi connectivity index (χ3n) is 4.15. The average Bonchev–Trinajstić information content (AvgIpc) is 2.83. The molecule has 24 heavy (non-hydrogen) atoms. The van der Waals surface area contributed by atoms with Crippen LogP contribution in [0, 0.1) is 5.82 Å². The molecular weight excluding hydrogens is 445 g/mol. The van der Waals surface area contributed by atoms with Crippen molar-refractivity contribution in [3.8, 4) is 5.75 Å². The Kier molecular flexibility index (Phi) is 5.12. The first kappa shape index (κ1) is 18.0. The summed E-state index contributed by atoms with van der Waals surface area (Å²) in [5.74, 6) is 0.973. The molecule has 3 rings (SSSR count). The lowest BCUT2D eigenvalue weighted by molar-refractivity contribution is -0.127. The molecule has 0 radical (unpaired) electrons. The first-order chi connectivity index (χ1) is 11.4. The number of nitrogens with zero attached hydrogens (tertiary/aromatic N) is 2. The Labute approximate surface area is 155 Å². The average molecular weight is 466 g/mol. The number of amidine groups is 1. The fourth-order valence-electron chi connectivity index (χ4n) is 3.16. The number of alkyl halides is 1. The third kappa shape index (κ3) is 3.43. The van der Waals surface area contributed by atoms with E-state index in [0.29, 0.717) is 36.3 Å². The molecular formula is C16H21FIN2O3P. The molecule has 0 saturated carbocycles. The van der Waals surface area contributed by atoms with Crippen LogP contribution in [0.2, 0.25) is 0 Å². The van der Waals surface area contributed by atoms with Crippen molar-refractivity contribution in [3.05, 3.63) is 29.6 Å². The highest BCUT2D eigenvalue weighted by Crippen LogP contribution is 2.48. The van der Waals surface area contributed by atoms with E-state index in [0.717, 1.165) is 17.4 Å². The molecule has 0 N–H and O–H groups in total. The first-order valence-corrected chi connectivity index (χ1v) is 12.2. The zero-order chi connectivity index (χ0) is 17.4. The van der Waals surface area contributed by atoms with Crippen LogP contribution in [0.25, 0.3) is 0 Å². The van der Waals surface area contributed by atoms with E-state index in [2.05, 4.69) is 32.6 Å². The van der Waals surface area contributed by atoms with Crippen LogP contribution in [0.15, 0.2) is 23.4 Å². The molecule has 0 bridgehead atoms. The van der Waals surface area contributed by atoms with Gasteiger partial charge in [0.15, 0.2) is 5.84 Å². The summed E-state index contributed by atoms with van der Waals surface area (Å²) in [5, 5.41) is 4.25. The monoisotopic (exact) mass is 466 g/mol. The highest BCUT2D eigenvalue weighted by atomic mass is 127. The van der Waals surface area contributed by atoms with Crippen LogP contribution in [-0.2, 0) is 15.1 Å². The minimum Gasteiger partial charge on any atom is -0.493 e. The smallest absolute Gasteiger partial charge is 0.244 e. The highest BCUT2D eigenvalue weighted by Gasteiger charge is 2.51. The molecule has 0 aliphatic carbocycles. The molecule has 1 atom stereocenters. The molecule has 0 aromatic heterocycles. The van der Waals surface area contributed by atoms with Crippen molar-refractivity contribution in [2.75, 3.05) is 37.1 Å². The third-order valence-corrected chi connectivity index (χ3v) is 5.96. The van der Waals surface area contributed by atoms with Crippen molar-refractivity contribution in [2.24, 2.45) is 5.16 Å². The lowest BCUT2D eigenvalue weighted by Crippen LogP contribution is -2.50. The summed E-state index contributed by atoms with van der Waals surface area (Å²) < 4.78 is 32.8. The first-order valence-electron chi connectivity index (χ1n) is 7.91. The van der Waals surface area contributed by atoms with Crippen LogP contribution >= 0.6 is 29.7 Å². The second-order valence-corrected chi connectivity index (χ2v) is 11.1. The van der Waals surface area contributed by atoms with Crippen LogP contribution in [0.1, 0.15) is 18.4 Å². The number of oxime groups is 1. The molecule has 1 aromatic rings. The van der Waals surface area contributed by atoms with Crippen LogP contribution in [0.3, 0.4) is 0 Å². The van der Waals surface area contributed by atoms with Gasteiger partial charge in [0.1, 0.15) is 11.6 Å². The molecule has 0 saturated heterocycles. The van der Waals surface area contributed by atoms with Gasteiger partial charge in [0.05, 0.1) is 25.5 Å². The van der Waals surface area contributed by atoms with Gasteiger partial charge in [0.25, 0.3) is 0 Å². The normalized spacial score (nSPS) is 22.8. The summed E-state index contributed by atoms with van der Waals surface area (Å²) in [6, 6.07) is 4.48. The number of fused-ring (bicyclic) bond motifs is 2. The molecule has 1 aromatic carbocycles. The number of halogens is 2. The Morgan fingerprint density at radius 2 is 2.25 bits per heavy atom. The number of ether oxygens (including phenoxy) is 1. The van der Waals surface area contributed by atoms with Crippen molar-refractivity contribution in [1.82, 2.24) is 4.90 Å². The van der Waals surface area contributed by atoms with Crippen LogP contribution < -0.4 is 4.74 Å². The van der Waals surface area contributed by atoms with Crippen LogP contribution in [0.4, 0.5) is 4.39 Å². The molecule has 8 heteroatoms. The second kappa shape index (κ2) is 6.83. The quantitative estimate of drug-likeness (QED) is 0.376. The molecule has 2 heterocycles. The summed E-state index contributed by atoms with van der Waals surface area (Å²) in [6.07, 6.45) is 1.87. The van der Waals surface area contributed by atoms with E-state index in [1.807, 2.05) is 0 Å². The summed E-state index contributed by atoms with van der Waals surface area (Å²) >= 11 is 2.33. The van der Waals surface area contributed by atoms with Gasteiger partial charge in [0, 0.05) is 17.4 Å². The minimum absolute atomic E-state index is 0.332. The van der Waals surface area contributed by atoms with Crippen molar-refractivity contribution in [3.63, 3.8) is 0 Å². The zero-order valence-corrected chi connectivity index (χ0v) is 16.8. The molecule has 2 aliphatic rings. The van der Waals surface area contributed by atoms with Gasteiger partial charge in [-0.1, -0.05) is 27.7 Å². The SMILES string of the molecule is CP(C)(=O)CC1=NOC2(CCOc3ccc(F)cc32)N1CCCI. The Morgan fingerprint density at radius 3 is 2.96 bits per heavy atom. The fraction of sp³-hybridized carbons (Fsp3) is 0.562. The molecule has 132 valence electrons. The van der Waals surface area contributed by atoms with E-state index in [9.17, 15) is 8.96 Å². The summed E-state index contributed by atoms with van der Waals surface area (Å²) in [6.45, 7) is 4.68. The van der Waals surface area contributed by atoms with Gasteiger partial charge in [-0.2, -0.15) is 0 Å². The predicted molar refractivity (Wildman–Crippen MR) is 101 cm³/mol. The Bertz CT molecular complexity index is 709. The number of hydrogen-bond donors (Lipinski definition) is 0. The summed E-state index contributed by atoms with van der Waals surface area (Å²) in [7, 11) is -2.31. The lowest BCUT2D eigenvalue weighted by Gasteiger charge is -2.41. The van der Waals surface area contributed by atoms with E-state index in [1.54, 1.807) is 19.4 Å². The molecule has 5 nitrogen and oxygen atoms in total. The molecule has 0 fully saturated rings. The maximum Gasteiger partial charge on any atom is 0.244 e. The second-order valence-electron chi connectivity index (χ2n) is 6.55. The largest absolute Gasteiger partial charge is 0.493 e. The highest BCUT2D eigenvalue weighted by molar-refractivity contribution is 14.1. The predicted octanol–water partition coefficient (Wildman–Crippen LogP) is 3.85. The fourth-order valence-corrected chi connectivity index (χ4v) is 4.41. The maximum absolute atomic E-state index is 13.9. The standard InChI is InChI=1S/C16H21FIN2O3P/c1-24(2,21)11-15-19-23-16(20(15)8-3-7-18)6-9-22-14-5-4-12(17)10-13(14)16/h4-5,10H,3,6-9,11H2,1-2H3. The molecule has 0 amide bonds. The van der Waals surface area contributed by atoms with Gasteiger partial charge in [-0.05, 0) is 37.9 Å². The van der Waals surface area contributed by atoms with Crippen molar-refractivity contribution in [1.29, 1.82) is 0 Å². The zero-order valence-electron chi connectivity index (χ0n) is 13.8.